The van der Waals surface area contributed by atoms with Crippen molar-refractivity contribution in [2.75, 3.05) is 12.3 Å². The van der Waals surface area contributed by atoms with Gasteiger partial charge in [0.2, 0.25) is 0 Å². The van der Waals surface area contributed by atoms with Crippen molar-refractivity contribution in [2.24, 2.45) is 0 Å². The van der Waals surface area contributed by atoms with Crippen molar-refractivity contribution in [2.45, 2.75) is 25.3 Å². The van der Waals surface area contributed by atoms with Crippen molar-refractivity contribution in [3.05, 3.63) is 58.4 Å². The maximum absolute atomic E-state index is 13.1. The molecular formula is C18H19Cl2FN2O2. The molecule has 0 heterocycles. The zero-order valence-corrected chi connectivity index (χ0v) is 15.0. The Hall–Kier alpha value is -1.98. The van der Waals surface area contributed by atoms with Gasteiger partial charge in [0.1, 0.15) is 11.6 Å². The minimum Gasteiger partial charge on any atom is -0.484 e. The van der Waals surface area contributed by atoms with E-state index in [4.69, 9.17) is 22.1 Å². The number of anilines is 1. The summed E-state index contributed by atoms with van der Waals surface area (Å²) in [6, 6.07) is 9.73. The number of carbonyl (C=O) groups is 1. The molecule has 0 radical (unpaired) electrons. The van der Waals surface area contributed by atoms with E-state index in [1.807, 2.05) is 18.2 Å². The molecule has 0 aromatic heterocycles. The van der Waals surface area contributed by atoms with Crippen LogP contribution in [0.4, 0.5) is 10.1 Å². The van der Waals surface area contributed by atoms with E-state index >= 15 is 0 Å². The van der Waals surface area contributed by atoms with Crippen molar-refractivity contribution in [1.82, 2.24) is 5.32 Å². The number of fused-ring (bicyclic) bond motifs is 1. The lowest BCUT2D eigenvalue weighted by atomic mass is 9.87. The summed E-state index contributed by atoms with van der Waals surface area (Å²) >= 11 is 5.69. The lowest BCUT2D eigenvalue weighted by molar-refractivity contribution is -0.123. The van der Waals surface area contributed by atoms with Crippen LogP contribution in [0.2, 0.25) is 5.02 Å². The average Bonchev–Trinajstić information content (AvgIpc) is 2.56. The molecule has 3 rings (SSSR count). The van der Waals surface area contributed by atoms with Crippen LogP contribution in [0.1, 0.15) is 30.0 Å². The van der Waals surface area contributed by atoms with Gasteiger partial charge in [-0.15, -0.1) is 12.4 Å². The Morgan fingerprint density at radius 2 is 2.12 bits per heavy atom. The van der Waals surface area contributed by atoms with Gasteiger partial charge in [-0.3, -0.25) is 4.79 Å². The Morgan fingerprint density at radius 3 is 2.88 bits per heavy atom. The first-order chi connectivity index (χ1) is 11.5. The highest BCUT2D eigenvalue weighted by molar-refractivity contribution is 6.30. The van der Waals surface area contributed by atoms with E-state index < -0.39 is 5.82 Å². The molecule has 0 fully saturated rings. The van der Waals surface area contributed by atoms with Crippen LogP contribution in [-0.2, 0) is 11.2 Å². The van der Waals surface area contributed by atoms with Crippen LogP contribution in [-0.4, -0.2) is 12.5 Å². The van der Waals surface area contributed by atoms with Crippen molar-refractivity contribution in [1.29, 1.82) is 0 Å². The highest BCUT2D eigenvalue weighted by Crippen LogP contribution is 2.31. The number of hydrogen-bond donors (Lipinski definition) is 2. The largest absolute Gasteiger partial charge is 0.484 e. The molecule has 3 N–H and O–H groups in total. The molecule has 134 valence electrons. The van der Waals surface area contributed by atoms with Gasteiger partial charge >= 0.3 is 0 Å². The molecule has 1 atom stereocenters. The van der Waals surface area contributed by atoms with E-state index in [-0.39, 0.29) is 36.0 Å². The number of halogens is 3. The minimum atomic E-state index is -0.522. The third kappa shape index (κ3) is 4.77. The lowest BCUT2D eigenvalue weighted by Crippen LogP contribution is -2.34. The fourth-order valence-electron chi connectivity index (χ4n) is 2.94. The standard InChI is InChI=1S/C18H18ClFN2O2.ClH/c19-15-9-13(5-7-16(15)20)24-10-18(23)22-17-3-1-2-11-8-12(21)4-6-14(11)17;/h4-9,17H,1-3,10,21H2,(H,22,23);1H. The number of nitrogens with two attached hydrogens (primary N) is 1. The van der Waals surface area contributed by atoms with Gasteiger partial charge in [0.25, 0.3) is 5.91 Å². The van der Waals surface area contributed by atoms with Crippen molar-refractivity contribution < 1.29 is 13.9 Å². The summed E-state index contributed by atoms with van der Waals surface area (Å²) in [6.07, 6.45) is 2.85. The molecule has 0 saturated carbocycles. The van der Waals surface area contributed by atoms with Crippen molar-refractivity contribution >= 4 is 35.6 Å². The molecule has 7 heteroatoms. The Morgan fingerprint density at radius 1 is 1.32 bits per heavy atom. The van der Waals surface area contributed by atoms with Crippen LogP contribution in [0, 0.1) is 5.82 Å². The van der Waals surface area contributed by atoms with Gasteiger partial charge in [-0.2, -0.15) is 0 Å². The Labute approximate surface area is 156 Å². The average molecular weight is 385 g/mol. The topological polar surface area (TPSA) is 64.3 Å². The second-order valence-corrected chi connectivity index (χ2v) is 6.24. The fraction of sp³-hybridized carbons (Fsp3) is 0.278. The highest BCUT2D eigenvalue weighted by atomic mass is 35.5. The second kappa shape index (κ2) is 8.41. The van der Waals surface area contributed by atoms with Gasteiger partial charge in [-0.1, -0.05) is 17.7 Å². The lowest BCUT2D eigenvalue weighted by Gasteiger charge is -2.26. The highest BCUT2D eigenvalue weighted by Gasteiger charge is 2.22. The zero-order chi connectivity index (χ0) is 17.1. The molecule has 1 aliphatic carbocycles. The molecule has 1 amide bonds. The van der Waals surface area contributed by atoms with Crippen LogP contribution in [0.25, 0.3) is 0 Å². The minimum absolute atomic E-state index is 0. The van der Waals surface area contributed by atoms with E-state index in [9.17, 15) is 9.18 Å². The zero-order valence-electron chi connectivity index (χ0n) is 13.4. The molecule has 25 heavy (non-hydrogen) atoms. The first-order valence-electron chi connectivity index (χ1n) is 7.78. The normalized spacial score (nSPS) is 15.7. The number of aryl methyl sites for hydroxylation is 1. The quantitative estimate of drug-likeness (QED) is 0.781. The predicted octanol–water partition coefficient (Wildman–Crippen LogP) is 4.06. The Bertz CT molecular complexity index is 771. The van der Waals surface area contributed by atoms with E-state index in [0.717, 1.165) is 30.5 Å². The van der Waals surface area contributed by atoms with Crippen LogP contribution in [0.3, 0.4) is 0 Å². The Kier molecular flexibility index (Phi) is 6.51. The van der Waals surface area contributed by atoms with E-state index in [1.165, 1.54) is 23.8 Å². The van der Waals surface area contributed by atoms with Gasteiger partial charge in [-0.05, 0) is 54.7 Å². The number of carbonyl (C=O) groups excluding carboxylic acids is 1. The molecule has 2 aromatic carbocycles. The molecule has 2 aromatic rings. The maximum atomic E-state index is 13.1. The van der Waals surface area contributed by atoms with Gasteiger partial charge in [-0.25, -0.2) is 4.39 Å². The molecule has 0 bridgehead atoms. The van der Waals surface area contributed by atoms with Crippen molar-refractivity contribution in [3.8, 4) is 5.75 Å². The van der Waals surface area contributed by atoms with Crippen LogP contribution < -0.4 is 15.8 Å². The summed E-state index contributed by atoms with van der Waals surface area (Å²) < 4.78 is 18.5. The molecule has 1 aliphatic rings. The summed E-state index contributed by atoms with van der Waals surface area (Å²) in [5.74, 6) is -0.398. The maximum Gasteiger partial charge on any atom is 0.258 e. The Balaban J connectivity index is 0.00000225. The number of benzene rings is 2. The van der Waals surface area contributed by atoms with Gasteiger partial charge in [0.15, 0.2) is 6.61 Å². The summed E-state index contributed by atoms with van der Waals surface area (Å²) in [6.45, 7) is -0.150. The van der Waals surface area contributed by atoms with Gasteiger partial charge in [0.05, 0.1) is 11.1 Å². The summed E-state index contributed by atoms with van der Waals surface area (Å²) in [4.78, 5) is 12.1. The smallest absolute Gasteiger partial charge is 0.258 e. The third-order valence-electron chi connectivity index (χ3n) is 4.08. The summed E-state index contributed by atoms with van der Waals surface area (Å²) in [5.41, 5.74) is 8.84. The van der Waals surface area contributed by atoms with Crippen LogP contribution in [0.5, 0.6) is 5.75 Å². The summed E-state index contributed by atoms with van der Waals surface area (Å²) in [7, 11) is 0. The van der Waals surface area contributed by atoms with Crippen LogP contribution >= 0.6 is 24.0 Å². The molecule has 1 unspecified atom stereocenters. The molecule has 0 saturated heterocycles. The van der Waals surface area contributed by atoms with Crippen LogP contribution in [0.15, 0.2) is 36.4 Å². The van der Waals surface area contributed by atoms with Gasteiger partial charge < -0.3 is 15.8 Å². The fourth-order valence-corrected chi connectivity index (χ4v) is 3.11. The SMILES string of the molecule is Cl.Nc1ccc2c(c1)CCCC2NC(=O)COc1ccc(F)c(Cl)c1. The number of nitrogen functional groups attached to an aromatic ring is 1. The first-order valence-corrected chi connectivity index (χ1v) is 8.16. The van der Waals surface area contributed by atoms with E-state index in [2.05, 4.69) is 5.32 Å². The molecular weight excluding hydrogens is 366 g/mol. The first kappa shape index (κ1) is 19.3. The van der Waals surface area contributed by atoms with Crippen molar-refractivity contribution in [3.63, 3.8) is 0 Å². The number of nitrogens with one attached hydrogen (secondary N) is 1. The predicted molar refractivity (Wildman–Crippen MR) is 98.8 cm³/mol. The summed E-state index contributed by atoms with van der Waals surface area (Å²) in [5, 5.41) is 2.94. The number of ether oxygens (including phenoxy) is 1. The van der Waals surface area contributed by atoms with E-state index in [1.54, 1.807) is 0 Å². The second-order valence-electron chi connectivity index (χ2n) is 5.84. The number of amides is 1. The number of hydrogen-bond acceptors (Lipinski definition) is 3. The van der Waals surface area contributed by atoms with E-state index in [0.29, 0.717) is 5.75 Å². The molecule has 0 aliphatic heterocycles. The third-order valence-corrected chi connectivity index (χ3v) is 4.37. The monoisotopic (exact) mass is 384 g/mol. The molecule has 0 spiro atoms. The van der Waals surface area contributed by atoms with Gasteiger partial charge in [0, 0.05) is 11.8 Å². The molecule has 4 nitrogen and oxygen atoms in total. The number of rotatable bonds is 4.